The van der Waals surface area contributed by atoms with Crippen LogP contribution in [0, 0.1) is 6.92 Å². The molecule has 0 aliphatic heterocycles. The van der Waals surface area contributed by atoms with Gasteiger partial charge in [0.05, 0.1) is 11.4 Å². The Bertz CT molecular complexity index is 1470. The van der Waals surface area contributed by atoms with Crippen LogP contribution >= 0.6 is 0 Å². The third kappa shape index (κ3) is 4.17. The molecule has 0 saturated heterocycles. The van der Waals surface area contributed by atoms with E-state index in [-0.39, 0.29) is 5.91 Å². The van der Waals surface area contributed by atoms with Crippen molar-refractivity contribution in [2.45, 2.75) is 6.92 Å². The minimum Gasteiger partial charge on any atom is -0.457 e. The first kappa shape index (κ1) is 21.2. The molecule has 6 nitrogen and oxygen atoms in total. The van der Waals surface area contributed by atoms with E-state index < -0.39 is 0 Å². The van der Waals surface area contributed by atoms with Crippen LogP contribution in [-0.2, 0) is 4.79 Å². The second-order valence-corrected chi connectivity index (χ2v) is 7.77. The summed E-state index contributed by atoms with van der Waals surface area (Å²) in [6.07, 6.45) is 2.81. The van der Waals surface area contributed by atoms with Gasteiger partial charge in [0.25, 0.3) is 0 Å². The van der Waals surface area contributed by atoms with Gasteiger partial charge < -0.3 is 15.0 Å². The smallest absolute Gasteiger partial charge is 0.247 e. The van der Waals surface area contributed by atoms with Gasteiger partial charge in [0.1, 0.15) is 23.5 Å². The van der Waals surface area contributed by atoms with Gasteiger partial charge in [0.15, 0.2) is 0 Å². The molecule has 2 heterocycles. The molecule has 0 unspecified atom stereocenters. The molecule has 2 aromatic heterocycles. The molecule has 5 aromatic rings. The van der Waals surface area contributed by atoms with Gasteiger partial charge in [-0.05, 0) is 60.5 Å². The average molecular weight is 447 g/mol. The predicted molar refractivity (Wildman–Crippen MR) is 135 cm³/mol. The third-order valence-electron chi connectivity index (χ3n) is 5.53. The van der Waals surface area contributed by atoms with Crippen molar-refractivity contribution in [2.75, 3.05) is 5.32 Å². The summed E-state index contributed by atoms with van der Waals surface area (Å²) in [5, 5.41) is 3.75. The largest absolute Gasteiger partial charge is 0.457 e. The van der Waals surface area contributed by atoms with Crippen LogP contribution in [0.1, 0.15) is 5.69 Å². The number of H-pyrrole nitrogens is 1. The number of fused-ring (bicyclic) bond motifs is 1. The lowest BCUT2D eigenvalue weighted by molar-refractivity contribution is -0.111. The first-order valence-electron chi connectivity index (χ1n) is 10.8. The van der Waals surface area contributed by atoms with Crippen LogP contribution in [0.2, 0.25) is 0 Å². The molecule has 6 heteroatoms. The molecular formula is C28H22N4O2. The number of hydrogen-bond donors (Lipinski definition) is 2. The maximum Gasteiger partial charge on any atom is 0.247 e. The van der Waals surface area contributed by atoms with E-state index >= 15 is 0 Å². The van der Waals surface area contributed by atoms with Crippen LogP contribution in [0.4, 0.5) is 5.69 Å². The van der Waals surface area contributed by atoms with Crippen LogP contribution in [-0.4, -0.2) is 20.9 Å². The summed E-state index contributed by atoms with van der Waals surface area (Å²) in [6.45, 7) is 5.47. The Labute approximate surface area is 197 Å². The first-order valence-corrected chi connectivity index (χ1v) is 10.8. The molecule has 0 radical (unpaired) electrons. The number of rotatable bonds is 6. The topological polar surface area (TPSA) is 79.9 Å². The van der Waals surface area contributed by atoms with Crippen LogP contribution < -0.4 is 10.1 Å². The van der Waals surface area contributed by atoms with Crippen LogP contribution in [0.5, 0.6) is 11.5 Å². The molecular weight excluding hydrogens is 424 g/mol. The van der Waals surface area contributed by atoms with Crippen LogP contribution in [0.25, 0.3) is 33.4 Å². The van der Waals surface area contributed by atoms with Crippen LogP contribution in [0.3, 0.4) is 0 Å². The van der Waals surface area contributed by atoms with Gasteiger partial charge in [-0.1, -0.05) is 49.0 Å². The fourth-order valence-corrected chi connectivity index (χ4v) is 3.91. The van der Waals surface area contributed by atoms with Crippen LogP contribution in [0.15, 0.2) is 97.8 Å². The average Bonchev–Trinajstić information content (AvgIpc) is 3.26. The summed E-state index contributed by atoms with van der Waals surface area (Å²) in [5.74, 6) is 1.30. The summed E-state index contributed by atoms with van der Waals surface area (Å²) in [4.78, 5) is 23.9. The molecule has 0 aliphatic carbocycles. The van der Waals surface area contributed by atoms with Crippen molar-refractivity contribution in [1.29, 1.82) is 0 Å². The molecule has 0 bridgehead atoms. The number of carbonyl (C=O) groups is 1. The Morgan fingerprint density at radius 3 is 2.29 bits per heavy atom. The van der Waals surface area contributed by atoms with Gasteiger partial charge >= 0.3 is 0 Å². The number of nitrogens with zero attached hydrogens (tertiary/aromatic N) is 2. The van der Waals surface area contributed by atoms with Gasteiger partial charge in [-0.2, -0.15) is 0 Å². The number of ether oxygens (including phenoxy) is 1. The van der Waals surface area contributed by atoms with E-state index in [0.29, 0.717) is 5.69 Å². The van der Waals surface area contributed by atoms with Gasteiger partial charge in [0, 0.05) is 16.6 Å². The highest BCUT2D eigenvalue weighted by Gasteiger charge is 2.18. The fourth-order valence-electron chi connectivity index (χ4n) is 3.91. The monoisotopic (exact) mass is 446 g/mol. The Hall–Kier alpha value is -4.71. The zero-order chi connectivity index (χ0) is 23.5. The van der Waals surface area contributed by atoms with Crippen molar-refractivity contribution in [1.82, 2.24) is 15.0 Å². The highest BCUT2D eigenvalue weighted by Crippen LogP contribution is 2.39. The Morgan fingerprint density at radius 1 is 0.912 bits per heavy atom. The van der Waals surface area contributed by atoms with Crippen molar-refractivity contribution in [3.05, 3.63) is 104 Å². The number of aryl methyl sites for hydroxylation is 1. The van der Waals surface area contributed by atoms with Crippen molar-refractivity contribution < 1.29 is 9.53 Å². The number of nitrogens with one attached hydrogen (secondary N) is 2. The van der Waals surface area contributed by atoms with E-state index in [1.54, 1.807) is 6.33 Å². The Kier molecular flexibility index (Phi) is 5.62. The van der Waals surface area contributed by atoms with Gasteiger partial charge in [-0.15, -0.1) is 0 Å². The van der Waals surface area contributed by atoms with E-state index in [1.165, 1.54) is 6.08 Å². The lowest BCUT2D eigenvalue weighted by Gasteiger charge is -2.10. The molecule has 0 spiro atoms. The maximum absolute atomic E-state index is 11.6. The number of amides is 1. The summed E-state index contributed by atoms with van der Waals surface area (Å²) >= 11 is 0. The third-order valence-corrected chi connectivity index (χ3v) is 5.53. The molecule has 0 fully saturated rings. The highest BCUT2D eigenvalue weighted by molar-refractivity contribution is 6.04. The van der Waals surface area contributed by atoms with Gasteiger partial charge in [-0.3, -0.25) is 4.79 Å². The summed E-state index contributed by atoms with van der Waals surface area (Å²) in [5.41, 5.74) is 6.29. The van der Waals surface area contributed by atoms with E-state index in [4.69, 9.17) is 4.74 Å². The standard InChI is InChI=1S/C28H22N4O2/c1-3-24(33)31-21-13-9-20(10-14-21)27-26(25-18(2)29-17-30-28(25)32-27)19-11-15-23(16-12-19)34-22-7-5-4-6-8-22/h3-17H,1H2,2H3,(H,31,33)(H,29,30,32). The number of aromatic amines is 1. The zero-order valence-electron chi connectivity index (χ0n) is 18.6. The maximum atomic E-state index is 11.6. The first-order chi connectivity index (χ1) is 16.6. The normalized spacial score (nSPS) is 10.7. The lowest BCUT2D eigenvalue weighted by atomic mass is 9.98. The number of carbonyl (C=O) groups excluding carboxylic acids is 1. The van der Waals surface area contributed by atoms with E-state index in [2.05, 4.69) is 26.8 Å². The Balaban J connectivity index is 1.56. The van der Waals surface area contributed by atoms with Crippen molar-refractivity contribution >= 4 is 22.6 Å². The van der Waals surface area contributed by atoms with E-state index in [9.17, 15) is 4.79 Å². The van der Waals surface area contributed by atoms with E-state index in [1.807, 2.05) is 85.8 Å². The molecule has 1 amide bonds. The molecule has 0 atom stereocenters. The quantitative estimate of drug-likeness (QED) is 0.291. The number of benzene rings is 3. The lowest BCUT2D eigenvalue weighted by Crippen LogP contribution is -2.06. The van der Waals surface area contributed by atoms with Gasteiger partial charge in [0.2, 0.25) is 5.91 Å². The molecule has 5 rings (SSSR count). The predicted octanol–water partition coefficient (Wildman–Crippen LogP) is 6.52. The molecule has 3 aromatic carbocycles. The molecule has 34 heavy (non-hydrogen) atoms. The van der Waals surface area contributed by atoms with Gasteiger partial charge in [-0.25, -0.2) is 9.97 Å². The molecule has 166 valence electrons. The van der Waals surface area contributed by atoms with Crippen molar-refractivity contribution in [3.63, 3.8) is 0 Å². The summed E-state index contributed by atoms with van der Waals surface area (Å²) in [7, 11) is 0. The number of aromatic nitrogens is 3. The Morgan fingerprint density at radius 2 is 1.59 bits per heavy atom. The summed E-state index contributed by atoms with van der Waals surface area (Å²) in [6, 6.07) is 25.3. The minimum atomic E-state index is -0.247. The fraction of sp³-hybridized carbons (Fsp3) is 0.0357. The zero-order valence-corrected chi connectivity index (χ0v) is 18.6. The molecule has 0 saturated carbocycles. The number of anilines is 1. The SMILES string of the molecule is C=CC(=O)Nc1ccc(-c2[nH]c3ncnc(C)c3c2-c2ccc(Oc3ccccc3)cc2)cc1. The van der Waals surface area contributed by atoms with Crippen molar-refractivity contribution in [2.24, 2.45) is 0 Å². The second-order valence-electron chi connectivity index (χ2n) is 7.77. The molecule has 0 aliphatic rings. The molecule has 2 N–H and O–H groups in total. The highest BCUT2D eigenvalue weighted by atomic mass is 16.5. The van der Waals surface area contributed by atoms with Crippen molar-refractivity contribution in [3.8, 4) is 33.9 Å². The second kappa shape index (κ2) is 9.03. The number of hydrogen-bond acceptors (Lipinski definition) is 4. The van der Waals surface area contributed by atoms with E-state index in [0.717, 1.165) is 50.6 Å². The summed E-state index contributed by atoms with van der Waals surface area (Å²) < 4.78 is 5.96. The minimum absolute atomic E-state index is 0.247. The number of para-hydroxylation sites is 1.